The fraction of sp³-hybridized carbons (Fsp3) is 0.400. The van der Waals surface area contributed by atoms with Crippen molar-refractivity contribution in [2.45, 2.75) is 51.9 Å². The molecule has 1 N–H and O–H groups in total. The van der Waals surface area contributed by atoms with E-state index in [1.165, 1.54) is 31.4 Å². The molecule has 3 heteroatoms. The number of phenols is 1. The molecule has 23 heavy (non-hydrogen) atoms. The molecule has 0 aliphatic heterocycles. The van der Waals surface area contributed by atoms with Gasteiger partial charge in [-0.3, -0.25) is 0 Å². The van der Waals surface area contributed by atoms with Crippen LogP contribution in [-0.2, 0) is 6.42 Å². The third-order valence-corrected chi connectivity index (χ3v) is 4.14. The Morgan fingerprint density at radius 1 is 0.783 bits per heavy atom. The molecule has 0 spiro atoms. The van der Waals surface area contributed by atoms with E-state index >= 15 is 0 Å². The van der Waals surface area contributed by atoms with Crippen LogP contribution in [0.25, 0.3) is 11.1 Å². The highest BCUT2D eigenvalue weighted by atomic mass is 19.2. The van der Waals surface area contributed by atoms with Crippen molar-refractivity contribution in [2.75, 3.05) is 0 Å². The van der Waals surface area contributed by atoms with Gasteiger partial charge in [0.25, 0.3) is 0 Å². The molecule has 0 aliphatic carbocycles. The average Bonchev–Trinajstić information content (AvgIpc) is 2.56. The SMILES string of the molecule is CCCCCCCCc1ccc(-c2ccc(O)cc2)c(F)c1F. The lowest BCUT2D eigenvalue weighted by Crippen LogP contribution is -1.97. The van der Waals surface area contributed by atoms with Gasteiger partial charge in [0.2, 0.25) is 0 Å². The van der Waals surface area contributed by atoms with Crippen LogP contribution in [0.5, 0.6) is 5.75 Å². The molecule has 0 aliphatic rings. The van der Waals surface area contributed by atoms with Crippen molar-refractivity contribution in [3.05, 3.63) is 53.6 Å². The Bertz CT molecular complexity index is 620. The minimum absolute atomic E-state index is 0.106. The van der Waals surface area contributed by atoms with Crippen LogP contribution in [0.2, 0.25) is 0 Å². The number of benzene rings is 2. The van der Waals surface area contributed by atoms with Gasteiger partial charge in [-0.2, -0.15) is 0 Å². The molecular formula is C20H24F2O. The average molecular weight is 318 g/mol. The van der Waals surface area contributed by atoms with E-state index in [0.717, 1.165) is 19.3 Å². The first kappa shape index (κ1) is 17.5. The van der Waals surface area contributed by atoms with Gasteiger partial charge in [0.1, 0.15) is 5.75 Å². The topological polar surface area (TPSA) is 20.2 Å². The molecule has 2 aromatic rings. The van der Waals surface area contributed by atoms with Crippen molar-refractivity contribution < 1.29 is 13.9 Å². The second-order valence-corrected chi connectivity index (χ2v) is 5.96. The smallest absolute Gasteiger partial charge is 0.166 e. The monoisotopic (exact) mass is 318 g/mol. The number of unbranched alkanes of at least 4 members (excludes halogenated alkanes) is 5. The van der Waals surface area contributed by atoms with Crippen molar-refractivity contribution in [1.82, 2.24) is 0 Å². The molecule has 2 rings (SSSR count). The fourth-order valence-corrected chi connectivity index (χ4v) is 2.74. The second kappa shape index (κ2) is 8.66. The maximum absolute atomic E-state index is 14.3. The number of aryl methyl sites for hydroxylation is 1. The summed E-state index contributed by atoms with van der Waals surface area (Å²) in [6, 6.07) is 9.40. The maximum Gasteiger partial charge on any atom is 0.166 e. The molecular weight excluding hydrogens is 294 g/mol. The van der Waals surface area contributed by atoms with Crippen molar-refractivity contribution in [1.29, 1.82) is 0 Å². The standard InChI is InChI=1S/C20H24F2O/c1-2-3-4-5-6-7-8-16-11-14-18(20(22)19(16)21)15-9-12-17(23)13-10-15/h9-14,23H,2-8H2,1H3. The fourth-order valence-electron chi connectivity index (χ4n) is 2.74. The van der Waals surface area contributed by atoms with Gasteiger partial charge < -0.3 is 5.11 Å². The molecule has 0 saturated heterocycles. The lowest BCUT2D eigenvalue weighted by atomic mass is 9.99. The highest BCUT2D eigenvalue weighted by Gasteiger charge is 2.14. The van der Waals surface area contributed by atoms with Gasteiger partial charge in [-0.25, -0.2) is 8.78 Å². The van der Waals surface area contributed by atoms with E-state index in [9.17, 15) is 13.9 Å². The zero-order chi connectivity index (χ0) is 16.7. The summed E-state index contributed by atoms with van der Waals surface area (Å²) in [5.41, 5.74) is 1.24. The van der Waals surface area contributed by atoms with E-state index < -0.39 is 11.6 Å². The Hall–Kier alpha value is -1.90. The predicted octanol–water partition coefficient (Wildman–Crippen LogP) is 6.24. The Morgan fingerprint density at radius 3 is 2.13 bits per heavy atom. The number of aromatic hydroxyl groups is 1. The lowest BCUT2D eigenvalue weighted by Gasteiger charge is -2.09. The molecule has 2 aromatic carbocycles. The van der Waals surface area contributed by atoms with Gasteiger partial charge in [0.05, 0.1) is 0 Å². The van der Waals surface area contributed by atoms with Gasteiger partial charge in [-0.15, -0.1) is 0 Å². The molecule has 1 nitrogen and oxygen atoms in total. The van der Waals surface area contributed by atoms with Crippen LogP contribution in [0.3, 0.4) is 0 Å². The van der Waals surface area contributed by atoms with E-state index in [2.05, 4.69) is 6.92 Å². The van der Waals surface area contributed by atoms with Crippen molar-refractivity contribution in [2.24, 2.45) is 0 Å². The maximum atomic E-state index is 14.3. The Labute approximate surface area is 137 Å². The van der Waals surface area contributed by atoms with Crippen LogP contribution in [0.4, 0.5) is 8.78 Å². The summed E-state index contributed by atoms with van der Waals surface area (Å²) in [6.45, 7) is 2.17. The van der Waals surface area contributed by atoms with Crippen molar-refractivity contribution in [3.8, 4) is 16.9 Å². The Balaban J connectivity index is 2.01. The van der Waals surface area contributed by atoms with Crippen LogP contribution in [0.1, 0.15) is 51.0 Å². The van der Waals surface area contributed by atoms with E-state index in [1.807, 2.05) is 0 Å². The van der Waals surface area contributed by atoms with Crippen LogP contribution in [0.15, 0.2) is 36.4 Å². The van der Waals surface area contributed by atoms with E-state index in [1.54, 1.807) is 24.3 Å². The highest BCUT2D eigenvalue weighted by Crippen LogP contribution is 2.28. The largest absolute Gasteiger partial charge is 0.508 e. The molecule has 0 amide bonds. The van der Waals surface area contributed by atoms with E-state index in [-0.39, 0.29) is 11.3 Å². The summed E-state index contributed by atoms with van der Waals surface area (Å²) in [7, 11) is 0. The van der Waals surface area contributed by atoms with Crippen molar-refractivity contribution >= 4 is 0 Å². The summed E-state index contributed by atoms with van der Waals surface area (Å²) >= 11 is 0. The molecule has 0 fully saturated rings. The summed E-state index contributed by atoms with van der Waals surface area (Å²) in [5, 5.41) is 9.28. The van der Waals surface area contributed by atoms with E-state index in [4.69, 9.17) is 0 Å². The molecule has 0 saturated carbocycles. The number of rotatable bonds is 8. The molecule has 0 radical (unpaired) electrons. The van der Waals surface area contributed by atoms with Gasteiger partial charge in [0, 0.05) is 5.56 Å². The van der Waals surface area contributed by atoms with Gasteiger partial charge >= 0.3 is 0 Å². The van der Waals surface area contributed by atoms with Crippen molar-refractivity contribution in [3.63, 3.8) is 0 Å². The summed E-state index contributed by atoms with van der Waals surface area (Å²) < 4.78 is 28.5. The molecule has 0 unspecified atom stereocenters. The molecule has 124 valence electrons. The zero-order valence-corrected chi connectivity index (χ0v) is 13.6. The first-order valence-corrected chi connectivity index (χ1v) is 8.39. The molecule has 0 bridgehead atoms. The Morgan fingerprint density at radius 2 is 1.43 bits per heavy atom. The quantitative estimate of drug-likeness (QED) is 0.571. The van der Waals surface area contributed by atoms with Crippen LogP contribution >= 0.6 is 0 Å². The summed E-state index contributed by atoms with van der Waals surface area (Å²) in [6.07, 6.45) is 7.34. The van der Waals surface area contributed by atoms with Crippen LogP contribution in [-0.4, -0.2) is 5.11 Å². The zero-order valence-electron chi connectivity index (χ0n) is 13.6. The van der Waals surface area contributed by atoms with Crippen LogP contribution in [0, 0.1) is 11.6 Å². The second-order valence-electron chi connectivity index (χ2n) is 5.96. The third-order valence-electron chi connectivity index (χ3n) is 4.14. The normalized spacial score (nSPS) is 10.9. The van der Waals surface area contributed by atoms with Crippen LogP contribution < -0.4 is 0 Å². The van der Waals surface area contributed by atoms with Gasteiger partial charge in [0.15, 0.2) is 11.6 Å². The number of hydrogen-bond acceptors (Lipinski definition) is 1. The number of halogens is 2. The minimum atomic E-state index is -0.806. The lowest BCUT2D eigenvalue weighted by molar-refractivity contribution is 0.475. The molecule has 0 aromatic heterocycles. The summed E-state index contributed by atoms with van der Waals surface area (Å²) in [4.78, 5) is 0. The Kier molecular flexibility index (Phi) is 6.57. The predicted molar refractivity (Wildman–Crippen MR) is 90.5 cm³/mol. The first-order valence-electron chi connectivity index (χ1n) is 8.39. The number of phenolic OH excluding ortho intramolecular Hbond substituents is 1. The first-order chi connectivity index (χ1) is 11.1. The van der Waals surface area contributed by atoms with Gasteiger partial charge in [-0.1, -0.05) is 63.3 Å². The third kappa shape index (κ3) is 4.78. The molecule has 0 atom stereocenters. The van der Waals surface area contributed by atoms with Gasteiger partial charge in [-0.05, 0) is 36.1 Å². The highest BCUT2D eigenvalue weighted by molar-refractivity contribution is 5.65. The minimum Gasteiger partial charge on any atom is -0.508 e. The molecule has 0 heterocycles. The number of hydrogen-bond donors (Lipinski definition) is 1. The van der Waals surface area contributed by atoms with E-state index in [0.29, 0.717) is 17.5 Å². The summed E-state index contributed by atoms with van der Waals surface area (Å²) in [5.74, 6) is -1.45.